The number of aromatic nitrogens is 2. The third-order valence-corrected chi connectivity index (χ3v) is 4.51. The van der Waals surface area contributed by atoms with Gasteiger partial charge in [0.2, 0.25) is 5.89 Å². The van der Waals surface area contributed by atoms with Crippen molar-refractivity contribution in [3.8, 4) is 0 Å². The molecule has 0 bridgehead atoms. The Balaban J connectivity index is 1.70. The largest absolute Gasteiger partial charge is 0.337 e. The van der Waals surface area contributed by atoms with Crippen LogP contribution < -0.4 is 5.32 Å². The van der Waals surface area contributed by atoms with Crippen LogP contribution in [0.5, 0.6) is 0 Å². The summed E-state index contributed by atoms with van der Waals surface area (Å²) >= 11 is 0. The first-order chi connectivity index (χ1) is 11.1. The van der Waals surface area contributed by atoms with Crippen LogP contribution in [0.2, 0.25) is 0 Å². The molecule has 1 aliphatic heterocycles. The van der Waals surface area contributed by atoms with Gasteiger partial charge in [0, 0.05) is 0 Å². The van der Waals surface area contributed by atoms with E-state index in [1.165, 1.54) is 0 Å². The number of hydrogen-bond donors (Lipinski definition) is 1. The predicted molar refractivity (Wildman–Crippen MR) is 79.2 cm³/mol. The van der Waals surface area contributed by atoms with Crippen molar-refractivity contribution in [1.82, 2.24) is 20.4 Å². The van der Waals surface area contributed by atoms with E-state index in [1.807, 2.05) is 24.3 Å². The number of carbonyl (C=O) groups is 2. The molecule has 1 atom stereocenters. The van der Waals surface area contributed by atoms with Gasteiger partial charge in [-0.3, -0.25) is 9.69 Å². The van der Waals surface area contributed by atoms with Gasteiger partial charge in [0.25, 0.3) is 5.91 Å². The number of amides is 3. The zero-order chi connectivity index (χ0) is 16.0. The highest BCUT2D eigenvalue weighted by atomic mass is 16.5. The van der Waals surface area contributed by atoms with Crippen molar-refractivity contribution in [3.05, 3.63) is 47.1 Å². The second kappa shape index (κ2) is 4.91. The van der Waals surface area contributed by atoms with Crippen molar-refractivity contribution in [1.29, 1.82) is 0 Å². The molecule has 2 aliphatic rings. The molecule has 1 aromatic carbocycles. The summed E-state index contributed by atoms with van der Waals surface area (Å²) < 4.78 is 5.03. The molecule has 0 saturated carbocycles. The fourth-order valence-corrected chi connectivity index (χ4v) is 3.49. The highest BCUT2D eigenvalue weighted by molar-refractivity contribution is 6.07. The maximum Gasteiger partial charge on any atom is 0.325 e. The molecule has 1 spiro atoms. The van der Waals surface area contributed by atoms with Crippen LogP contribution in [0.3, 0.4) is 0 Å². The van der Waals surface area contributed by atoms with E-state index in [4.69, 9.17) is 4.52 Å². The Labute approximate surface area is 132 Å². The number of nitrogens with one attached hydrogen (secondary N) is 1. The van der Waals surface area contributed by atoms with Crippen molar-refractivity contribution >= 4 is 11.9 Å². The summed E-state index contributed by atoms with van der Waals surface area (Å²) in [5.74, 6) is 0.488. The summed E-state index contributed by atoms with van der Waals surface area (Å²) in [6, 6.07) is 7.38. The average molecular weight is 312 g/mol. The lowest BCUT2D eigenvalue weighted by Gasteiger charge is -2.33. The number of aryl methyl sites for hydroxylation is 2. The molecular formula is C16H16N4O3. The minimum atomic E-state index is -0.957. The van der Waals surface area contributed by atoms with Crippen molar-refractivity contribution in [2.75, 3.05) is 0 Å². The standard InChI is InChI=1S/C16H16N4O3/c1-10-17-13(23-19-10)9-20-14(21)16(18-15(20)22)8-4-6-11-5-2-3-7-12(11)16/h2-3,5,7H,4,6,8-9H2,1H3,(H,18,22)/t16-/m1/s1. The lowest BCUT2D eigenvalue weighted by atomic mass is 9.76. The molecule has 23 heavy (non-hydrogen) atoms. The van der Waals surface area contributed by atoms with Gasteiger partial charge in [0.15, 0.2) is 5.82 Å². The van der Waals surface area contributed by atoms with Crippen molar-refractivity contribution < 1.29 is 14.1 Å². The lowest BCUT2D eigenvalue weighted by molar-refractivity contribution is -0.132. The summed E-state index contributed by atoms with van der Waals surface area (Å²) in [7, 11) is 0. The van der Waals surface area contributed by atoms with Crippen LogP contribution in [0.1, 0.15) is 35.7 Å². The molecule has 1 saturated heterocycles. The summed E-state index contributed by atoms with van der Waals surface area (Å²) in [6.07, 6.45) is 2.38. The molecule has 1 N–H and O–H groups in total. The summed E-state index contributed by atoms with van der Waals surface area (Å²) in [5, 5.41) is 6.59. The number of nitrogens with zero attached hydrogens (tertiary/aromatic N) is 3. The van der Waals surface area contributed by atoms with Crippen LogP contribution in [-0.4, -0.2) is 27.0 Å². The zero-order valence-corrected chi connectivity index (χ0v) is 12.7. The number of rotatable bonds is 2. The van der Waals surface area contributed by atoms with Gasteiger partial charge in [-0.1, -0.05) is 29.4 Å². The van der Waals surface area contributed by atoms with Crippen molar-refractivity contribution in [3.63, 3.8) is 0 Å². The molecule has 7 heteroatoms. The van der Waals surface area contributed by atoms with Gasteiger partial charge in [-0.05, 0) is 37.3 Å². The molecular weight excluding hydrogens is 296 g/mol. The van der Waals surface area contributed by atoms with Gasteiger partial charge < -0.3 is 9.84 Å². The van der Waals surface area contributed by atoms with Crippen LogP contribution in [0, 0.1) is 6.92 Å². The Kier molecular flexibility index (Phi) is 2.97. The minimum absolute atomic E-state index is 0.00454. The quantitative estimate of drug-likeness (QED) is 0.852. The van der Waals surface area contributed by atoms with E-state index >= 15 is 0 Å². The number of fused-ring (bicyclic) bond motifs is 2. The molecule has 7 nitrogen and oxygen atoms in total. The highest BCUT2D eigenvalue weighted by Gasteiger charge is 2.54. The van der Waals surface area contributed by atoms with E-state index in [0.717, 1.165) is 28.9 Å². The average Bonchev–Trinajstić information content (AvgIpc) is 3.06. The number of benzene rings is 1. The molecule has 4 rings (SSSR count). The number of urea groups is 1. The number of carbonyl (C=O) groups excluding carboxylic acids is 2. The molecule has 118 valence electrons. The van der Waals surface area contributed by atoms with Crippen LogP contribution in [0.4, 0.5) is 4.79 Å². The molecule has 0 radical (unpaired) electrons. The Bertz CT molecular complexity index is 800. The normalized spacial score (nSPS) is 23.3. The molecule has 3 amide bonds. The van der Waals surface area contributed by atoms with Crippen LogP contribution in [0.25, 0.3) is 0 Å². The molecule has 1 aliphatic carbocycles. The topological polar surface area (TPSA) is 88.3 Å². The Morgan fingerprint density at radius 2 is 2.17 bits per heavy atom. The predicted octanol–water partition coefficient (Wildman–Crippen LogP) is 1.66. The van der Waals surface area contributed by atoms with E-state index in [0.29, 0.717) is 12.2 Å². The molecule has 2 heterocycles. The lowest BCUT2D eigenvalue weighted by Crippen LogP contribution is -2.46. The molecule has 1 aromatic heterocycles. The van der Waals surface area contributed by atoms with Gasteiger partial charge in [-0.25, -0.2) is 4.79 Å². The summed E-state index contributed by atoms with van der Waals surface area (Å²) in [5.41, 5.74) is 1.05. The smallest absolute Gasteiger partial charge is 0.325 e. The van der Waals surface area contributed by atoms with Gasteiger partial charge >= 0.3 is 6.03 Å². The van der Waals surface area contributed by atoms with E-state index in [-0.39, 0.29) is 18.3 Å². The van der Waals surface area contributed by atoms with Gasteiger partial charge in [-0.2, -0.15) is 4.98 Å². The monoisotopic (exact) mass is 312 g/mol. The Morgan fingerprint density at radius 3 is 2.96 bits per heavy atom. The first-order valence-corrected chi connectivity index (χ1v) is 7.62. The maximum atomic E-state index is 13.0. The van der Waals surface area contributed by atoms with Crippen LogP contribution >= 0.6 is 0 Å². The summed E-state index contributed by atoms with van der Waals surface area (Å²) in [4.78, 5) is 30.6. The van der Waals surface area contributed by atoms with E-state index < -0.39 is 11.6 Å². The highest BCUT2D eigenvalue weighted by Crippen LogP contribution is 2.40. The first-order valence-electron chi connectivity index (χ1n) is 7.62. The molecule has 1 fully saturated rings. The second-order valence-corrected chi connectivity index (χ2v) is 5.97. The summed E-state index contributed by atoms with van der Waals surface area (Å²) in [6.45, 7) is 1.69. The van der Waals surface area contributed by atoms with E-state index in [2.05, 4.69) is 15.5 Å². The number of hydrogen-bond acceptors (Lipinski definition) is 5. The fourth-order valence-electron chi connectivity index (χ4n) is 3.49. The van der Waals surface area contributed by atoms with Crippen LogP contribution in [0.15, 0.2) is 28.8 Å². The van der Waals surface area contributed by atoms with Crippen molar-refractivity contribution in [2.24, 2.45) is 0 Å². The number of imide groups is 1. The third-order valence-electron chi connectivity index (χ3n) is 4.51. The minimum Gasteiger partial charge on any atom is -0.337 e. The third kappa shape index (κ3) is 2.03. The molecule has 2 aromatic rings. The van der Waals surface area contributed by atoms with Crippen LogP contribution in [-0.2, 0) is 23.3 Å². The zero-order valence-electron chi connectivity index (χ0n) is 12.7. The van der Waals surface area contributed by atoms with Gasteiger partial charge in [0.05, 0.1) is 0 Å². The van der Waals surface area contributed by atoms with E-state index in [9.17, 15) is 9.59 Å². The first kappa shape index (κ1) is 13.9. The van der Waals surface area contributed by atoms with Gasteiger partial charge in [0.1, 0.15) is 12.1 Å². The van der Waals surface area contributed by atoms with Crippen molar-refractivity contribution in [2.45, 2.75) is 38.3 Å². The van der Waals surface area contributed by atoms with Gasteiger partial charge in [-0.15, -0.1) is 0 Å². The van der Waals surface area contributed by atoms with E-state index in [1.54, 1.807) is 6.92 Å². The Hall–Kier alpha value is -2.70. The SMILES string of the molecule is Cc1noc(CN2C(=O)N[C@@]3(CCCc4ccccc43)C2=O)n1. The molecule has 0 unspecified atom stereocenters. The maximum absolute atomic E-state index is 13.0. The second-order valence-electron chi connectivity index (χ2n) is 5.97. The Morgan fingerprint density at radius 1 is 1.35 bits per heavy atom. The fraction of sp³-hybridized carbons (Fsp3) is 0.375.